The highest BCUT2D eigenvalue weighted by Crippen LogP contribution is 2.28. The number of amides is 1. The second kappa shape index (κ2) is 6.14. The lowest BCUT2D eigenvalue weighted by molar-refractivity contribution is 0.0596. The monoisotopic (exact) mass is 328 g/mol. The number of rotatable bonds is 3. The average Bonchev–Trinajstić information content (AvgIpc) is 2.93. The van der Waals surface area contributed by atoms with Crippen LogP contribution in [0.4, 0.5) is 5.69 Å². The molecule has 1 aromatic heterocycles. The molecule has 0 aliphatic carbocycles. The van der Waals surface area contributed by atoms with Gasteiger partial charge in [0, 0.05) is 21.5 Å². The molecule has 0 fully saturated rings. The molecule has 0 aliphatic rings. The molecule has 0 unspecified atom stereocenters. The minimum atomic E-state index is -0.549. The van der Waals surface area contributed by atoms with Crippen molar-refractivity contribution in [3.05, 3.63) is 64.8 Å². The van der Waals surface area contributed by atoms with Gasteiger partial charge in [-0.05, 0) is 30.3 Å². The highest BCUT2D eigenvalue weighted by Gasteiger charge is 2.20. The lowest BCUT2D eigenvalue weighted by atomic mass is 10.2. The van der Waals surface area contributed by atoms with Crippen LogP contribution in [0.1, 0.15) is 20.8 Å². The van der Waals surface area contributed by atoms with Gasteiger partial charge in [0.15, 0.2) is 0 Å². The molecule has 0 bridgehead atoms. The molecule has 0 radical (unpaired) electrons. The fraction of sp³-hybridized carbons (Fsp3) is 0.0588. The Morgan fingerprint density at radius 1 is 1.09 bits per heavy atom. The Morgan fingerprint density at radius 3 is 2.48 bits per heavy atom. The lowest BCUT2D eigenvalue weighted by Crippen LogP contribution is -2.14. The Hall–Kier alpha value is -2.79. The first-order valence-electron chi connectivity index (χ1n) is 6.86. The summed E-state index contributed by atoms with van der Waals surface area (Å²) in [5.74, 6) is -0.885. The molecule has 1 amide bonds. The van der Waals surface area contributed by atoms with Gasteiger partial charge in [0.1, 0.15) is 5.69 Å². The fourth-order valence-electron chi connectivity index (χ4n) is 2.31. The van der Waals surface area contributed by atoms with Gasteiger partial charge in [-0.2, -0.15) is 0 Å². The van der Waals surface area contributed by atoms with Gasteiger partial charge in [-0.25, -0.2) is 4.79 Å². The minimum Gasteiger partial charge on any atom is -0.464 e. The van der Waals surface area contributed by atoms with E-state index in [1.54, 1.807) is 24.3 Å². The van der Waals surface area contributed by atoms with E-state index in [1.807, 2.05) is 24.3 Å². The number of fused-ring (bicyclic) bond motifs is 1. The van der Waals surface area contributed by atoms with Crippen LogP contribution in [-0.4, -0.2) is 24.0 Å². The number of para-hydroxylation sites is 1. The summed E-state index contributed by atoms with van der Waals surface area (Å²) in [5.41, 5.74) is 1.78. The standard InChI is InChI=1S/C17H13ClN2O3/c1-23-17(22)15-14(12-4-2-3-5-13(12)19-15)20-16(21)10-6-8-11(18)9-7-10/h2-9,19H,1H3,(H,20,21). The highest BCUT2D eigenvalue weighted by atomic mass is 35.5. The van der Waals surface area contributed by atoms with Crippen molar-refractivity contribution in [1.29, 1.82) is 0 Å². The van der Waals surface area contributed by atoms with E-state index >= 15 is 0 Å². The smallest absolute Gasteiger partial charge is 0.356 e. The van der Waals surface area contributed by atoms with E-state index in [0.717, 1.165) is 10.9 Å². The average molecular weight is 329 g/mol. The summed E-state index contributed by atoms with van der Waals surface area (Å²) in [6.45, 7) is 0. The van der Waals surface area contributed by atoms with Crippen molar-refractivity contribution < 1.29 is 14.3 Å². The van der Waals surface area contributed by atoms with Gasteiger partial charge in [-0.15, -0.1) is 0 Å². The summed E-state index contributed by atoms with van der Waals surface area (Å²) < 4.78 is 4.77. The van der Waals surface area contributed by atoms with E-state index in [2.05, 4.69) is 10.3 Å². The molecule has 0 saturated heterocycles. The molecular weight excluding hydrogens is 316 g/mol. The SMILES string of the molecule is COC(=O)c1[nH]c2ccccc2c1NC(=O)c1ccc(Cl)cc1. The molecule has 0 aliphatic heterocycles. The maximum absolute atomic E-state index is 12.4. The first-order chi connectivity index (χ1) is 11.1. The van der Waals surface area contributed by atoms with Gasteiger partial charge in [-0.1, -0.05) is 29.8 Å². The van der Waals surface area contributed by atoms with Crippen LogP contribution in [0, 0.1) is 0 Å². The van der Waals surface area contributed by atoms with Crippen LogP contribution in [0.5, 0.6) is 0 Å². The van der Waals surface area contributed by atoms with Crippen LogP contribution in [0.3, 0.4) is 0 Å². The van der Waals surface area contributed by atoms with E-state index in [-0.39, 0.29) is 11.6 Å². The molecule has 2 N–H and O–H groups in total. The van der Waals surface area contributed by atoms with Crippen molar-refractivity contribution in [3.63, 3.8) is 0 Å². The number of methoxy groups -OCH3 is 1. The number of ether oxygens (including phenoxy) is 1. The van der Waals surface area contributed by atoms with Crippen LogP contribution < -0.4 is 5.32 Å². The first kappa shape index (κ1) is 15.1. The van der Waals surface area contributed by atoms with Crippen LogP contribution >= 0.6 is 11.6 Å². The first-order valence-corrected chi connectivity index (χ1v) is 7.24. The Labute approximate surface area is 137 Å². The molecule has 2 aromatic carbocycles. The zero-order valence-electron chi connectivity index (χ0n) is 12.2. The molecule has 0 atom stereocenters. The molecule has 3 aromatic rings. The molecule has 23 heavy (non-hydrogen) atoms. The van der Waals surface area contributed by atoms with Gasteiger partial charge < -0.3 is 15.0 Å². The van der Waals surface area contributed by atoms with Crippen molar-refractivity contribution in [2.75, 3.05) is 12.4 Å². The van der Waals surface area contributed by atoms with E-state index in [1.165, 1.54) is 7.11 Å². The predicted molar refractivity (Wildman–Crippen MR) is 89.0 cm³/mol. The van der Waals surface area contributed by atoms with Crippen molar-refractivity contribution in [2.45, 2.75) is 0 Å². The normalized spacial score (nSPS) is 10.5. The number of carbonyl (C=O) groups is 2. The number of benzene rings is 2. The molecule has 0 saturated carbocycles. The molecule has 6 heteroatoms. The second-order valence-electron chi connectivity index (χ2n) is 4.87. The third kappa shape index (κ3) is 2.91. The Balaban J connectivity index is 2.02. The molecule has 1 heterocycles. The molecule has 0 spiro atoms. The Kier molecular flexibility index (Phi) is 4.04. The minimum absolute atomic E-state index is 0.205. The predicted octanol–water partition coefficient (Wildman–Crippen LogP) is 3.86. The number of H-pyrrole nitrogens is 1. The number of halogens is 1. The summed E-state index contributed by atoms with van der Waals surface area (Å²) >= 11 is 5.82. The maximum atomic E-state index is 12.4. The van der Waals surface area contributed by atoms with Crippen molar-refractivity contribution in [1.82, 2.24) is 4.98 Å². The quantitative estimate of drug-likeness (QED) is 0.717. The van der Waals surface area contributed by atoms with Gasteiger partial charge >= 0.3 is 5.97 Å². The number of hydrogen-bond acceptors (Lipinski definition) is 3. The fourth-order valence-corrected chi connectivity index (χ4v) is 2.44. The van der Waals surface area contributed by atoms with Crippen LogP contribution in [-0.2, 0) is 4.74 Å². The summed E-state index contributed by atoms with van der Waals surface area (Å²) in [7, 11) is 1.29. The summed E-state index contributed by atoms with van der Waals surface area (Å²) in [5, 5.41) is 4.05. The van der Waals surface area contributed by atoms with Crippen LogP contribution in [0.15, 0.2) is 48.5 Å². The number of carbonyl (C=O) groups excluding carboxylic acids is 2. The van der Waals surface area contributed by atoms with E-state index in [9.17, 15) is 9.59 Å². The lowest BCUT2D eigenvalue weighted by Gasteiger charge is -2.07. The second-order valence-corrected chi connectivity index (χ2v) is 5.31. The van der Waals surface area contributed by atoms with Gasteiger partial charge in [0.05, 0.1) is 12.8 Å². The number of esters is 1. The van der Waals surface area contributed by atoms with E-state index < -0.39 is 5.97 Å². The third-order valence-corrected chi connectivity index (χ3v) is 3.69. The third-order valence-electron chi connectivity index (χ3n) is 3.44. The van der Waals surface area contributed by atoms with Crippen LogP contribution in [0.25, 0.3) is 10.9 Å². The number of hydrogen-bond donors (Lipinski definition) is 2. The van der Waals surface area contributed by atoms with Gasteiger partial charge in [0.25, 0.3) is 5.91 Å². The number of nitrogens with one attached hydrogen (secondary N) is 2. The Bertz CT molecular complexity index is 884. The maximum Gasteiger partial charge on any atom is 0.356 e. The highest BCUT2D eigenvalue weighted by molar-refractivity contribution is 6.30. The van der Waals surface area contributed by atoms with Crippen LogP contribution in [0.2, 0.25) is 5.02 Å². The zero-order chi connectivity index (χ0) is 16.4. The molecule has 3 rings (SSSR count). The molecule has 5 nitrogen and oxygen atoms in total. The summed E-state index contributed by atoms with van der Waals surface area (Å²) in [6, 6.07) is 13.8. The molecule has 116 valence electrons. The largest absolute Gasteiger partial charge is 0.464 e. The van der Waals surface area contributed by atoms with E-state index in [0.29, 0.717) is 16.3 Å². The van der Waals surface area contributed by atoms with E-state index in [4.69, 9.17) is 16.3 Å². The zero-order valence-corrected chi connectivity index (χ0v) is 13.0. The van der Waals surface area contributed by atoms with Crippen molar-refractivity contribution in [2.24, 2.45) is 0 Å². The number of aromatic nitrogens is 1. The van der Waals surface area contributed by atoms with Crippen molar-refractivity contribution in [3.8, 4) is 0 Å². The van der Waals surface area contributed by atoms with Crippen molar-refractivity contribution >= 4 is 40.1 Å². The topological polar surface area (TPSA) is 71.2 Å². The number of anilines is 1. The molecular formula is C17H13ClN2O3. The summed E-state index contributed by atoms with van der Waals surface area (Å²) in [6.07, 6.45) is 0. The number of aromatic amines is 1. The van der Waals surface area contributed by atoms with Gasteiger partial charge in [0.2, 0.25) is 0 Å². The van der Waals surface area contributed by atoms with Gasteiger partial charge in [-0.3, -0.25) is 4.79 Å². The summed E-state index contributed by atoms with van der Waals surface area (Å²) in [4.78, 5) is 27.3. The Morgan fingerprint density at radius 2 is 1.78 bits per heavy atom.